The van der Waals surface area contributed by atoms with E-state index in [0.717, 1.165) is 16.7 Å². The molecular weight excluding hydrogens is 419 g/mol. The van der Waals surface area contributed by atoms with Gasteiger partial charge in [0, 0.05) is 10.8 Å². The Bertz CT molecular complexity index is 1140. The third-order valence-electron chi connectivity index (χ3n) is 4.56. The summed E-state index contributed by atoms with van der Waals surface area (Å²) in [6, 6.07) is 21.3. The van der Waals surface area contributed by atoms with Crippen LogP contribution in [-0.4, -0.2) is 11.1 Å². The van der Waals surface area contributed by atoms with Crippen LogP contribution in [0.2, 0.25) is 5.02 Å². The molecule has 1 aliphatic rings. The summed E-state index contributed by atoms with van der Waals surface area (Å²) in [7, 11) is 0. The molecule has 3 nitrogen and oxygen atoms in total. The molecule has 4 rings (SSSR count). The van der Waals surface area contributed by atoms with Crippen LogP contribution >= 0.6 is 23.4 Å². The van der Waals surface area contributed by atoms with Gasteiger partial charge in [-0.3, -0.25) is 9.69 Å². The molecule has 1 aliphatic heterocycles. The van der Waals surface area contributed by atoms with Crippen LogP contribution < -0.4 is 4.90 Å². The maximum atomic E-state index is 13.2. The molecular formula is C24H18ClFN2OS. The number of anilines is 1. The summed E-state index contributed by atoms with van der Waals surface area (Å²) >= 11 is 7.57. The largest absolute Gasteiger partial charge is 0.283 e. The fraction of sp³-hybridized carbons (Fsp3) is 0.0833. The first-order chi connectivity index (χ1) is 14.5. The number of carbonyl (C=O) groups is 1. The zero-order valence-corrected chi connectivity index (χ0v) is 17.8. The van der Waals surface area contributed by atoms with Gasteiger partial charge in [0.25, 0.3) is 5.91 Å². The van der Waals surface area contributed by atoms with Crippen LogP contribution in [0.25, 0.3) is 6.08 Å². The minimum Gasteiger partial charge on any atom is -0.266 e. The average molecular weight is 437 g/mol. The van der Waals surface area contributed by atoms with E-state index in [1.165, 1.54) is 23.9 Å². The van der Waals surface area contributed by atoms with Crippen molar-refractivity contribution in [3.63, 3.8) is 0 Å². The zero-order chi connectivity index (χ0) is 21.1. The number of aryl methyl sites for hydroxylation is 1. The number of rotatable bonds is 4. The van der Waals surface area contributed by atoms with E-state index >= 15 is 0 Å². The molecule has 0 saturated heterocycles. The molecule has 0 saturated carbocycles. The smallest absolute Gasteiger partial charge is 0.266 e. The van der Waals surface area contributed by atoms with Crippen molar-refractivity contribution in [2.75, 3.05) is 4.90 Å². The lowest BCUT2D eigenvalue weighted by molar-refractivity contribution is -0.113. The van der Waals surface area contributed by atoms with E-state index in [0.29, 0.717) is 27.3 Å². The molecule has 3 aromatic carbocycles. The minimum absolute atomic E-state index is 0.209. The van der Waals surface area contributed by atoms with Crippen molar-refractivity contribution in [2.45, 2.75) is 12.7 Å². The SMILES string of the molecule is Cc1ccc(C=C2N=C(SCc3ccc(F)cc3)N(c3cccc(Cl)c3)C2=O)cc1. The Morgan fingerprint density at radius 1 is 1.07 bits per heavy atom. The third kappa shape index (κ3) is 4.64. The highest BCUT2D eigenvalue weighted by molar-refractivity contribution is 8.13. The number of halogens is 2. The second-order valence-corrected chi connectivity index (χ2v) is 8.25. The van der Waals surface area contributed by atoms with E-state index in [1.54, 1.807) is 41.3 Å². The van der Waals surface area contributed by atoms with Crippen molar-refractivity contribution in [3.8, 4) is 0 Å². The molecule has 6 heteroatoms. The van der Waals surface area contributed by atoms with Crippen LogP contribution in [0.4, 0.5) is 10.1 Å². The van der Waals surface area contributed by atoms with E-state index in [-0.39, 0.29) is 11.7 Å². The Kier molecular flexibility index (Phi) is 6.02. The Morgan fingerprint density at radius 3 is 2.50 bits per heavy atom. The van der Waals surface area contributed by atoms with Crippen LogP contribution in [0.3, 0.4) is 0 Å². The molecule has 3 aromatic rings. The first-order valence-electron chi connectivity index (χ1n) is 9.34. The molecule has 0 unspecified atom stereocenters. The Balaban J connectivity index is 1.66. The summed E-state index contributed by atoms with van der Waals surface area (Å²) in [6.45, 7) is 2.01. The molecule has 0 N–H and O–H groups in total. The highest BCUT2D eigenvalue weighted by Crippen LogP contribution is 2.32. The number of carbonyl (C=O) groups excluding carboxylic acids is 1. The number of benzene rings is 3. The van der Waals surface area contributed by atoms with Gasteiger partial charge in [-0.15, -0.1) is 0 Å². The molecule has 1 heterocycles. The lowest BCUT2D eigenvalue weighted by atomic mass is 10.1. The number of amidine groups is 1. The van der Waals surface area contributed by atoms with E-state index in [9.17, 15) is 9.18 Å². The van der Waals surface area contributed by atoms with Gasteiger partial charge in [-0.05, 0) is 54.5 Å². The predicted molar refractivity (Wildman–Crippen MR) is 123 cm³/mol. The quantitative estimate of drug-likeness (QED) is 0.439. The normalized spacial score (nSPS) is 15.0. The highest BCUT2D eigenvalue weighted by atomic mass is 35.5. The topological polar surface area (TPSA) is 32.7 Å². The maximum absolute atomic E-state index is 13.2. The van der Waals surface area contributed by atoms with E-state index < -0.39 is 0 Å². The summed E-state index contributed by atoms with van der Waals surface area (Å²) < 4.78 is 13.2. The van der Waals surface area contributed by atoms with Crippen LogP contribution in [0.5, 0.6) is 0 Å². The lowest BCUT2D eigenvalue weighted by Gasteiger charge is -2.18. The first-order valence-corrected chi connectivity index (χ1v) is 10.7. The number of hydrogen-bond acceptors (Lipinski definition) is 3. The molecule has 0 bridgehead atoms. The fourth-order valence-corrected chi connectivity index (χ4v) is 4.14. The number of amides is 1. The van der Waals surface area contributed by atoms with E-state index in [1.807, 2.05) is 37.3 Å². The second kappa shape index (κ2) is 8.86. The number of thioether (sulfide) groups is 1. The van der Waals surface area contributed by atoms with Crippen LogP contribution in [0.15, 0.2) is 83.5 Å². The molecule has 150 valence electrons. The standard InChI is InChI=1S/C24H18ClFN2OS/c1-16-5-7-17(8-6-16)13-22-23(29)28(21-4-2-3-19(25)14-21)24(27-22)30-15-18-9-11-20(26)12-10-18/h2-14H,15H2,1H3. The van der Waals surface area contributed by atoms with Crippen molar-refractivity contribution in [1.29, 1.82) is 0 Å². The highest BCUT2D eigenvalue weighted by Gasteiger charge is 2.32. The molecule has 0 spiro atoms. The molecule has 1 amide bonds. The van der Waals surface area contributed by atoms with Gasteiger partial charge in [0.15, 0.2) is 5.17 Å². The van der Waals surface area contributed by atoms with Gasteiger partial charge in [-0.2, -0.15) is 0 Å². The average Bonchev–Trinajstić information content (AvgIpc) is 3.04. The molecule has 0 radical (unpaired) electrons. The van der Waals surface area contributed by atoms with Gasteiger partial charge in [0.2, 0.25) is 0 Å². The Labute approximate surface area is 183 Å². The van der Waals surface area contributed by atoms with Gasteiger partial charge < -0.3 is 0 Å². The molecule has 0 fully saturated rings. The van der Waals surface area contributed by atoms with Crippen molar-refractivity contribution in [1.82, 2.24) is 0 Å². The molecule has 0 aliphatic carbocycles. The van der Waals surface area contributed by atoms with Crippen molar-refractivity contribution >= 4 is 46.2 Å². The summed E-state index contributed by atoms with van der Waals surface area (Å²) in [4.78, 5) is 19.4. The number of hydrogen-bond donors (Lipinski definition) is 0. The number of aliphatic imine (C=N–C) groups is 1. The Morgan fingerprint density at radius 2 is 1.80 bits per heavy atom. The molecule has 0 aromatic heterocycles. The maximum Gasteiger partial charge on any atom is 0.283 e. The van der Waals surface area contributed by atoms with Gasteiger partial charge in [-0.1, -0.05) is 71.4 Å². The van der Waals surface area contributed by atoms with Crippen molar-refractivity contribution < 1.29 is 9.18 Å². The second-order valence-electron chi connectivity index (χ2n) is 6.87. The summed E-state index contributed by atoms with van der Waals surface area (Å²) in [5.74, 6) is 0.0711. The molecule has 0 atom stereocenters. The number of nitrogens with zero attached hydrogens (tertiary/aromatic N) is 2. The lowest BCUT2D eigenvalue weighted by Crippen LogP contribution is -2.30. The van der Waals surface area contributed by atoms with Crippen LogP contribution in [-0.2, 0) is 10.5 Å². The minimum atomic E-state index is -0.277. The monoisotopic (exact) mass is 436 g/mol. The fourth-order valence-electron chi connectivity index (χ4n) is 2.99. The zero-order valence-electron chi connectivity index (χ0n) is 16.2. The van der Waals surface area contributed by atoms with Gasteiger partial charge in [0.1, 0.15) is 11.5 Å². The van der Waals surface area contributed by atoms with Gasteiger partial charge in [-0.25, -0.2) is 9.38 Å². The third-order valence-corrected chi connectivity index (χ3v) is 5.80. The van der Waals surface area contributed by atoms with E-state index in [4.69, 9.17) is 11.6 Å². The summed E-state index contributed by atoms with van der Waals surface area (Å²) in [5.41, 5.74) is 4.02. The van der Waals surface area contributed by atoms with Gasteiger partial charge in [0.05, 0.1) is 5.69 Å². The van der Waals surface area contributed by atoms with Crippen LogP contribution in [0.1, 0.15) is 16.7 Å². The Hall–Kier alpha value is -2.89. The molecule has 30 heavy (non-hydrogen) atoms. The predicted octanol–water partition coefficient (Wildman–Crippen LogP) is 6.46. The van der Waals surface area contributed by atoms with E-state index in [2.05, 4.69) is 4.99 Å². The van der Waals surface area contributed by atoms with Crippen molar-refractivity contribution in [3.05, 3.63) is 106 Å². The summed E-state index contributed by atoms with van der Waals surface area (Å²) in [5, 5.41) is 1.10. The van der Waals surface area contributed by atoms with Crippen LogP contribution in [0, 0.1) is 12.7 Å². The summed E-state index contributed by atoms with van der Waals surface area (Å²) in [6.07, 6.45) is 1.78. The van der Waals surface area contributed by atoms with Gasteiger partial charge >= 0.3 is 0 Å². The van der Waals surface area contributed by atoms with Crippen molar-refractivity contribution in [2.24, 2.45) is 4.99 Å². The first kappa shape index (κ1) is 20.4.